The monoisotopic (exact) mass is 326 g/mol. The van der Waals surface area contributed by atoms with E-state index in [0.29, 0.717) is 12.1 Å². The van der Waals surface area contributed by atoms with Gasteiger partial charge in [-0.15, -0.1) is 0 Å². The number of amides is 1. The number of carbonyl (C=O) groups excluding carboxylic acids is 1. The number of benzene rings is 1. The Morgan fingerprint density at radius 2 is 1.96 bits per heavy atom. The van der Waals surface area contributed by atoms with Gasteiger partial charge >= 0.3 is 0 Å². The summed E-state index contributed by atoms with van der Waals surface area (Å²) < 4.78 is 1.94. The van der Waals surface area contributed by atoms with Crippen LogP contribution in [0, 0.1) is 0 Å². The molecule has 1 saturated heterocycles. The van der Waals surface area contributed by atoms with Crippen molar-refractivity contribution < 1.29 is 4.79 Å². The van der Waals surface area contributed by atoms with Crippen molar-refractivity contribution in [1.82, 2.24) is 20.0 Å². The number of nitrogens with zero attached hydrogens (tertiary/aromatic N) is 3. The maximum absolute atomic E-state index is 12.5. The Morgan fingerprint density at radius 1 is 1.25 bits per heavy atom. The first-order valence-electron chi connectivity index (χ1n) is 8.77. The lowest BCUT2D eigenvalue weighted by atomic mass is 10.0. The van der Waals surface area contributed by atoms with E-state index in [9.17, 15) is 4.79 Å². The van der Waals surface area contributed by atoms with Crippen LogP contribution in [0.25, 0.3) is 0 Å². The SMILES string of the molecule is CCC(NC1CCN(C(=O)c2ccccc2)CC1)c1ccnn1C. The minimum atomic E-state index is 0.146. The van der Waals surface area contributed by atoms with Crippen molar-refractivity contribution in [3.05, 3.63) is 53.9 Å². The lowest BCUT2D eigenvalue weighted by molar-refractivity contribution is 0.0701. The Kier molecular flexibility index (Phi) is 5.30. The van der Waals surface area contributed by atoms with Crippen molar-refractivity contribution in [2.75, 3.05) is 13.1 Å². The van der Waals surface area contributed by atoms with Crippen LogP contribution in [0.1, 0.15) is 48.3 Å². The molecule has 5 heteroatoms. The molecule has 3 rings (SSSR count). The lowest BCUT2D eigenvalue weighted by Gasteiger charge is -2.34. The predicted octanol–water partition coefficient (Wildman–Crippen LogP) is 2.77. The molecule has 1 aromatic carbocycles. The topological polar surface area (TPSA) is 50.2 Å². The second-order valence-corrected chi connectivity index (χ2v) is 6.44. The van der Waals surface area contributed by atoms with Crippen LogP contribution in [0.3, 0.4) is 0 Å². The van der Waals surface area contributed by atoms with Gasteiger partial charge in [0.05, 0.1) is 5.69 Å². The summed E-state index contributed by atoms with van der Waals surface area (Å²) in [6.45, 7) is 3.82. The largest absolute Gasteiger partial charge is 0.339 e. The van der Waals surface area contributed by atoms with Gasteiger partial charge in [0.25, 0.3) is 5.91 Å². The Balaban J connectivity index is 1.55. The molecule has 24 heavy (non-hydrogen) atoms. The van der Waals surface area contributed by atoms with Crippen molar-refractivity contribution in [3.8, 4) is 0 Å². The van der Waals surface area contributed by atoms with E-state index in [0.717, 1.165) is 37.9 Å². The van der Waals surface area contributed by atoms with Gasteiger partial charge in [-0.3, -0.25) is 9.48 Å². The Morgan fingerprint density at radius 3 is 2.54 bits per heavy atom. The number of nitrogens with one attached hydrogen (secondary N) is 1. The number of likely N-dealkylation sites (tertiary alicyclic amines) is 1. The van der Waals surface area contributed by atoms with Crippen LogP contribution in [0.15, 0.2) is 42.6 Å². The molecule has 2 aromatic rings. The fourth-order valence-electron chi connectivity index (χ4n) is 3.44. The van der Waals surface area contributed by atoms with Gasteiger partial charge in [-0.25, -0.2) is 0 Å². The standard InChI is InChI=1S/C19H26N4O/c1-3-17(18-9-12-20-22(18)2)21-16-10-13-23(14-11-16)19(24)15-7-5-4-6-8-15/h4-9,12,16-17,21H,3,10-11,13-14H2,1-2H3. The third-order valence-corrected chi connectivity index (χ3v) is 4.86. The van der Waals surface area contributed by atoms with E-state index in [4.69, 9.17) is 0 Å². The molecule has 1 N–H and O–H groups in total. The molecular weight excluding hydrogens is 300 g/mol. The number of piperidine rings is 1. The minimum absolute atomic E-state index is 0.146. The summed E-state index contributed by atoms with van der Waals surface area (Å²) in [4.78, 5) is 14.5. The zero-order chi connectivity index (χ0) is 16.9. The minimum Gasteiger partial charge on any atom is -0.339 e. The number of carbonyl (C=O) groups is 1. The van der Waals surface area contributed by atoms with E-state index >= 15 is 0 Å². The maximum atomic E-state index is 12.5. The molecule has 1 aliphatic rings. The summed E-state index contributed by atoms with van der Waals surface area (Å²) in [5.74, 6) is 0.146. The van der Waals surface area contributed by atoms with E-state index in [1.54, 1.807) is 0 Å². The van der Waals surface area contributed by atoms with E-state index < -0.39 is 0 Å². The van der Waals surface area contributed by atoms with E-state index in [1.165, 1.54) is 5.69 Å². The summed E-state index contributed by atoms with van der Waals surface area (Å²) in [6.07, 6.45) is 4.86. The third-order valence-electron chi connectivity index (χ3n) is 4.86. The molecule has 1 fully saturated rings. The summed E-state index contributed by atoms with van der Waals surface area (Å²) in [5.41, 5.74) is 2.01. The normalized spacial score (nSPS) is 17.0. The zero-order valence-corrected chi connectivity index (χ0v) is 14.5. The third kappa shape index (κ3) is 3.67. The average molecular weight is 326 g/mol. The van der Waals surface area contributed by atoms with Crippen LogP contribution in [0.5, 0.6) is 0 Å². The first-order chi connectivity index (χ1) is 11.7. The van der Waals surface area contributed by atoms with Crippen LogP contribution in [-0.2, 0) is 7.05 Å². The smallest absolute Gasteiger partial charge is 0.253 e. The Labute approximate surface area is 143 Å². The summed E-state index contributed by atoms with van der Waals surface area (Å²) >= 11 is 0. The predicted molar refractivity (Wildman–Crippen MR) is 94.7 cm³/mol. The van der Waals surface area contributed by atoms with Crippen molar-refractivity contribution in [2.45, 2.75) is 38.3 Å². The molecule has 1 aromatic heterocycles. The van der Waals surface area contributed by atoms with Gasteiger partial charge in [0.1, 0.15) is 0 Å². The fourth-order valence-corrected chi connectivity index (χ4v) is 3.44. The maximum Gasteiger partial charge on any atom is 0.253 e. The molecule has 128 valence electrons. The van der Waals surface area contributed by atoms with E-state index in [1.807, 2.05) is 53.2 Å². The first kappa shape index (κ1) is 16.7. The molecule has 0 radical (unpaired) electrons. The Hall–Kier alpha value is -2.14. The highest BCUT2D eigenvalue weighted by atomic mass is 16.2. The lowest BCUT2D eigenvalue weighted by Crippen LogP contribution is -2.46. The van der Waals surface area contributed by atoms with Crippen molar-refractivity contribution >= 4 is 5.91 Å². The number of rotatable bonds is 5. The fraction of sp³-hybridized carbons (Fsp3) is 0.474. The molecule has 1 unspecified atom stereocenters. The van der Waals surface area contributed by atoms with Crippen LogP contribution < -0.4 is 5.32 Å². The quantitative estimate of drug-likeness (QED) is 0.919. The zero-order valence-electron chi connectivity index (χ0n) is 14.5. The molecule has 0 saturated carbocycles. The molecule has 2 heterocycles. The molecule has 1 atom stereocenters. The van der Waals surface area contributed by atoms with Gasteiger partial charge in [0.2, 0.25) is 0 Å². The molecule has 0 spiro atoms. The number of aromatic nitrogens is 2. The molecular formula is C19H26N4O. The summed E-state index contributed by atoms with van der Waals surface area (Å²) in [7, 11) is 1.99. The highest BCUT2D eigenvalue weighted by Crippen LogP contribution is 2.20. The van der Waals surface area contributed by atoms with Crippen LogP contribution >= 0.6 is 0 Å². The molecule has 5 nitrogen and oxygen atoms in total. The highest BCUT2D eigenvalue weighted by Gasteiger charge is 2.25. The number of hydrogen-bond donors (Lipinski definition) is 1. The van der Waals surface area contributed by atoms with Crippen LogP contribution in [0.2, 0.25) is 0 Å². The summed E-state index contributed by atoms with van der Waals surface area (Å²) in [6, 6.07) is 12.4. The van der Waals surface area contributed by atoms with E-state index in [-0.39, 0.29) is 5.91 Å². The van der Waals surface area contributed by atoms with Gasteiger partial charge in [0, 0.05) is 44.0 Å². The molecule has 0 bridgehead atoms. The molecule has 0 aliphatic carbocycles. The second kappa shape index (κ2) is 7.62. The van der Waals surface area contributed by atoms with Crippen molar-refractivity contribution in [2.24, 2.45) is 7.05 Å². The van der Waals surface area contributed by atoms with Crippen molar-refractivity contribution in [1.29, 1.82) is 0 Å². The van der Waals surface area contributed by atoms with Crippen LogP contribution in [-0.4, -0.2) is 39.7 Å². The van der Waals surface area contributed by atoms with Crippen LogP contribution in [0.4, 0.5) is 0 Å². The Bertz CT molecular complexity index is 659. The van der Waals surface area contributed by atoms with Crippen molar-refractivity contribution in [3.63, 3.8) is 0 Å². The van der Waals surface area contributed by atoms with Gasteiger partial charge < -0.3 is 10.2 Å². The second-order valence-electron chi connectivity index (χ2n) is 6.44. The van der Waals surface area contributed by atoms with Gasteiger partial charge in [-0.2, -0.15) is 5.10 Å². The van der Waals surface area contributed by atoms with E-state index in [2.05, 4.69) is 23.4 Å². The summed E-state index contributed by atoms with van der Waals surface area (Å²) in [5, 5.41) is 8.02. The average Bonchev–Trinajstić information content (AvgIpc) is 3.06. The molecule has 1 amide bonds. The van der Waals surface area contributed by atoms with Gasteiger partial charge in [-0.1, -0.05) is 25.1 Å². The number of aryl methyl sites for hydroxylation is 1. The van der Waals surface area contributed by atoms with Gasteiger partial charge in [0.15, 0.2) is 0 Å². The highest BCUT2D eigenvalue weighted by molar-refractivity contribution is 5.94. The first-order valence-corrected chi connectivity index (χ1v) is 8.77. The molecule has 1 aliphatic heterocycles. The van der Waals surface area contributed by atoms with Gasteiger partial charge in [-0.05, 0) is 37.5 Å². The number of hydrogen-bond acceptors (Lipinski definition) is 3.